The van der Waals surface area contributed by atoms with E-state index in [1.165, 1.54) is 11.1 Å². The van der Waals surface area contributed by atoms with Crippen molar-refractivity contribution in [3.63, 3.8) is 0 Å². The van der Waals surface area contributed by atoms with Gasteiger partial charge in [0.15, 0.2) is 0 Å². The first kappa shape index (κ1) is 17.6. The number of hydrogen-bond donors (Lipinski definition) is 0. The first-order valence-electron chi connectivity index (χ1n) is 9.04. The van der Waals surface area contributed by atoms with Crippen molar-refractivity contribution >= 4 is 22.6 Å². The summed E-state index contributed by atoms with van der Waals surface area (Å²) in [4.78, 5) is 4.89. The first-order valence-corrected chi connectivity index (χ1v) is 9.42. The summed E-state index contributed by atoms with van der Waals surface area (Å²) in [6, 6.07) is 26.3. The summed E-state index contributed by atoms with van der Waals surface area (Å²) in [5.74, 6) is 0.793. The zero-order chi connectivity index (χ0) is 18.6. The number of aryl methyl sites for hydroxylation is 1. The van der Waals surface area contributed by atoms with Crippen molar-refractivity contribution in [2.75, 3.05) is 6.54 Å². The van der Waals surface area contributed by atoms with Gasteiger partial charge in [0.2, 0.25) is 0 Å². The van der Waals surface area contributed by atoms with Crippen LogP contribution in [0.3, 0.4) is 0 Å². The van der Waals surface area contributed by atoms with Crippen molar-refractivity contribution in [1.29, 1.82) is 0 Å². The van der Waals surface area contributed by atoms with Gasteiger partial charge in [-0.3, -0.25) is 4.99 Å². The number of hydrogen-bond acceptors (Lipinski definition) is 2. The van der Waals surface area contributed by atoms with E-state index in [1.54, 1.807) is 0 Å². The molecule has 0 bridgehead atoms. The van der Waals surface area contributed by atoms with Crippen molar-refractivity contribution in [3.8, 4) is 11.3 Å². The molecule has 0 fully saturated rings. The molecule has 0 aliphatic carbocycles. The van der Waals surface area contributed by atoms with Crippen LogP contribution >= 0.6 is 11.6 Å². The lowest BCUT2D eigenvalue weighted by molar-refractivity contribution is 0.618. The van der Waals surface area contributed by atoms with E-state index < -0.39 is 0 Å². The average molecular weight is 374 g/mol. The Morgan fingerprint density at radius 2 is 1.67 bits per heavy atom. The fourth-order valence-electron chi connectivity index (χ4n) is 3.12. The standard InChI is InChI=1S/C24H20ClNO/c1-17-7-12-23-21(15-17)22(26-14-13-18-5-3-2-4-6-18)16-24(27-23)19-8-10-20(25)11-9-19/h2-12,15-16H,13-14H2,1H3. The second-order valence-electron chi connectivity index (χ2n) is 6.62. The van der Waals surface area contributed by atoms with Crippen LogP contribution in [0.1, 0.15) is 11.1 Å². The highest BCUT2D eigenvalue weighted by Gasteiger charge is 2.06. The summed E-state index contributed by atoms with van der Waals surface area (Å²) in [6.07, 6.45) is 0.913. The van der Waals surface area contributed by atoms with Gasteiger partial charge in [-0.25, -0.2) is 0 Å². The van der Waals surface area contributed by atoms with Gasteiger partial charge >= 0.3 is 0 Å². The quantitative estimate of drug-likeness (QED) is 0.417. The predicted molar refractivity (Wildman–Crippen MR) is 112 cm³/mol. The molecule has 0 amide bonds. The van der Waals surface area contributed by atoms with Crippen LogP contribution in [0.15, 0.2) is 88.3 Å². The molecule has 3 aromatic carbocycles. The molecule has 3 heteroatoms. The van der Waals surface area contributed by atoms with Crippen LogP contribution in [-0.2, 0) is 6.42 Å². The third-order valence-electron chi connectivity index (χ3n) is 4.55. The lowest BCUT2D eigenvalue weighted by atomic mass is 10.1. The van der Waals surface area contributed by atoms with Crippen molar-refractivity contribution in [2.45, 2.75) is 13.3 Å². The maximum absolute atomic E-state index is 6.14. The molecule has 0 unspecified atom stereocenters. The van der Waals surface area contributed by atoms with Gasteiger partial charge in [0, 0.05) is 28.6 Å². The maximum Gasteiger partial charge on any atom is 0.136 e. The molecule has 0 radical (unpaired) electrons. The SMILES string of the molecule is Cc1ccc2oc(-c3ccc(Cl)cc3)cc(=NCCc3ccccc3)c2c1. The molecule has 0 saturated carbocycles. The van der Waals surface area contributed by atoms with Gasteiger partial charge in [-0.2, -0.15) is 0 Å². The summed E-state index contributed by atoms with van der Waals surface area (Å²) in [6.45, 7) is 2.82. The molecule has 4 aromatic rings. The fourth-order valence-corrected chi connectivity index (χ4v) is 3.25. The highest BCUT2D eigenvalue weighted by molar-refractivity contribution is 6.30. The van der Waals surface area contributed by atoms with Crippen LogP contribution in [0.25, 0.3) is 22.3 Å². The van der Waals surface area contributed by atoms with Gasteiger partial charge < -0.3 is 4.42 Å². The highest BCUT2D eigenvalue weighted by Crippen LogP contribution is 2.24. The molecular weight excluding hydrogens is 354 g/mol. The zero-order valence-electron chi connectivity index (χ0n) is 15.2. The Morgan fingerprint density at radius 3 is 2.44 bits per heavy atom. The molecular formula is C24H20ClNO. The van der Waals surface area contributed by atoms with E-state index in [9.17, 15) is 0 Å². The fraction of sp³-hybridized carbons (Fsp3) is 0.125. The van der Waals surface area contributed by atoms with E-state index in [2.05, 4.69) is 43.3 Å². The average Bonchev–Trinajstić information content (AvgIpc) is 2.69. The highest BCUT2D eigenvalue weighted by atomic mass is 35.5. The molecule has 0 N–H and O–H groups in total. The van der Waals surface area contributed by atoms with E-state index in [0.29, 0.717) is 5.02 Å². The van der Waals surface area contributed by atoms with Crippen molar-refractivity contribution < 1.29 is 4.42 Å². The summed E-state index contributed by atoms with van der Waals surface area (Å²) in [5, 5.41) is 2.71. The molecule has 0 aliphatic heterocycles. The lowest BCUT2D eigenvalue weighted by Gasteiger charge is -2.06. The Hall–Kier alpha value is -2.84. The van der Waals surface area contributed by atoms with E-state index in [1.807, 2.05) is 42.5 Å². The Bertz CT molecular complexity index is 1130. The van der Waals surface area contributed by atoms with E-state index in [0.717, 1.165) is 40.6 Å². The zero-order valence-corrected chi connectivity index (χ0v) is 15.9. The van der Waals surface area contributed by atoms with Gasteiger partial charge in [0.05, 0.1) is 5.36 Å². The summed E-state index contributed by atoms with van der Waals surface area (Å²) >= 11 is 6.02. The normalized spacial score (nSPS) is 11.9. The molecule has 1 heterocycles. The van der Waals surface area contributed by atoms with Gasteiger partial charge in [-0.15, -0.1) is 0 Å². The molecule has 0 spiro atoms. The number of benzene rings is 3. The predicted octanol–water partition coefficient (Wildman–Crippen LogP) is 6.21. The summed E-state index contributed by atoms with van der Waals surface area (Å²) < 4.78 is 6.14. The first-order chi connectivity index (χ1) is 13.2. The summed E-state index contributed by atoms with van der Waals surface area (Å²) in [5.41, 5.74) is 4.31. The molecule has 1 aromatic heterocycles. The van der Waals surface area contributed by atoms with Crippen molar-refractivity contribution in [2.24, 2.45) is 4.99 Å². The molecule has 0 saturated heterocycles. The number of rotatable bonds is 4. The number of fused-ring (bicyclic) bond motifs is 1. The summed E-state index contributed by atoms with van der Waals surface area (Å²) in [7, 11) is 0. The van der Waals surface area contributed by atoms with Gasteiger partial charge in [0.1, 0.15) is 11.3 Å². The molecule has 0 aliphatic rings. The minimum absolute atomic E-state index is 0.711. The Kier molecular flexibility index (Phi) is 5.08. The van der Waals surface area contributed by atoms with Crippen LogP contribution in [0.5, 0.6) is 0 Å². The number of nitrogens with zero attached hydrogens (tertiary/aromatic N) is 1. The lowest BCUT2D eigenvalue weighted by Crippen LogP contribution is -2.06. The minimum Gasteiger partial charge on any atom is -0.456 e. The molecule has 4 rings (SSSR count). The molecule has 2 nitrogen and oxygen atoms in total. The largest absolute Gasteiger partial charge is 0.456 e. The van der Waals surface area contributed by atoms with Crippen LogP contribution < -0.4 is 5.36 Å². The smallest absolute Gasteiger partial charge is 0.136 e. The van der Waals surface area contributed by atoms with Crippen molar-refractivity contribution in [1.82, 2.24) is 0 Å². The van der Waals surface area contributed by atoms with E-state index in [-0.39, 0.29) is 0 Å². The number of halogens is 1. The molecule has 134 valence electrons. The van der Waals surface area contributed by atoms with Crippen LogP contribution in [-0.4, -0.2) is 6.54 Å². The second kappa shape index (κ2) is 7.81. The monoisotopic (exact) mass is 373 g/mol. The van der Waals surface area contributed by atoms with Gasteiger partial charge in [-0.05, 0) is 55.3 Å². The van der Waals surface area contributed by atoms with Gasteiger partial charge in [-0.1, -0.05) is 53.6 Å². The van der Waals surface area contributed by atoms with Crippen LogP contribution in [0.4, 0.5) is 0 Å². The Labute approximate surface area is 163 Å². The third-order valence-corrected chi connectivity index (χ3v) is 4.80. The topological polar surface area (TPSA) is 25.5 Å². The molecule has 0 atom stereocenters. The van der Waals surface area contributed by atoms with Crippen LogP contribution in [0, 0.1) is 6.92 Å². The Balaban J connectivity index is 1.77. The van der Waals surface area contributed by atoms with E-state index in [4.69, 9.17) is 21.0 Å². The van der Waals surface area contributed by atoms with Crippen molar-refractivity contribution in [3.05, 3.63) is 100 Å². The minimum atomic E-state index is 0.711. The molecule has 27 heavy (non-hydrogen) atoms. The van der Waals surface area contributed by atoms with E-state index >= 15 is 0 Å². The second-order valence-corrected chi connectivity index (χ2v) is 7.06. The Morgan fingerprint density at radius 1 is 0.889 bits per heavy atom. The van der Waals surface area contributed by atoms with Crippen LogP contribution in [0.2, 0.25) is 5.02 Å². The van der Waals surface area contributed by atoms with Gasteiger partial charge in [0.25, 0.3) is 0 Å². The maximum atomic E-state index is 6.14. The third kappa shape index (κ3) is 4.12.